The Morgan fingerprint density at radius 3 is 2.83 bits per heavy atom. The first-order chi connectivity index (χ1) is 8.56. The maximum atomic E-state index is 13.3. The minimum Gasteiger partial charge on any atom is -0.359 e. The van der Waals surface area contributed by atoms with Crippen molar-refractivity contribution in [3.8, 4) is 0 Å². The molecule has 0 aromatic carbocycles. The van der Waals surface area contributed by atoms with Gasteiger partial charge in [0.1, 0.15) is 11.6 Å². The van der Waals surface area contributed by atoms with E-state index in [0.29, 0.717) is 18.5 Å². The summed E-state index contributed by atoms with van der Waals surface area (Å²) in [5, 5.41) is 3.42. The van der Waals surface area contributed by atoms with E-state index >= 15 is 0 Å². The van der Waals surface area contributed by atoms with E-state index in [2.05, 4.69) is 29.0 Å². The molecule has 0 saturated heterocycles. The molecule has 0 spiro atoms. The molecule has 2 rings (SSSR count). The minimum absolute atomic E-state index is 0.260. The Kier molecular flexibility index (Phi) is 4.17. The summed E-state index contributed by atoms with van der Waals surface area (Å²) in [4.78, 5) is 6.35. The monoisotopic (exact) mass is 251 g/mol. The molecular formula is C14H22FN3. The van der Waals surface area contributed by atoms with Crippen molar-refractivity contribution in [2.24, 2.45) is 5.92 Å². The number of hydrogen-bond donors (Lipinski definition) is 1. The van der Waals surface area contributed by atoms with Gasteiger partial charge in [-0.3, -0.25) is 0 Å². The summed E-state index contributed by atoms with van der Waals surface area (Å²) < 4.78 is 13.3. The van der Waals surface area contributed by atoms with Crippen LogP contribution in [0.2, 0.25) is 0 Å². The summed E-state index contributed by atoms with van der Waals surface area (Å²) in [5.74, 6) is 1.19. The Morgan fingerprint density at radius 1 is 1.50 bits per heavy atom. The third-order valence-electron chi connectivity index (χ3n) is 3.07. The maximum absolute atomic E-state index is 13.3. The topological polar surface area (TPSA) is 28.2 Å². The average Bonchev–Trinajstić information content (AvgIpc) is 3.09. The Hall–Kier alpha value is -1.16. The lowest BCUT2D eigenvalue weighted by atomic mass is 10.2. The van der Waals surface area contributed by atoms with Crippen LogP contribution in [-0.2, 0) is 6.54 Å². The molecule has 100 valence electrons. The van der Waals surface area contributed by atoms with Crippen molar-refractivity contribution in [3.05, 3.63) is 23.6 Å². The van der Waals surface area contributed by atoms with Crippen molar-refractivity contribution in [2.45, 2.75) is 39.3 Å². The zero-order valence-corrected chi connectivity index (χ0v) is 11.4. The van der Waals surface area contributed by atoms with Gasteiger partial charge in [-0.05, 0) is 24.8 Å². The third-order valence-corrected chi connectivity index (χ3v) is 3.07. The van der Waals surface area contributed by atoms with Crippen LogP contribution in [0, 0.1) is 11.7 Å². The molecule has 1 fully saturated rings. The first-order valence-electron chi connectivity index (χ1n) is 6.65. The van der Waals surface area contributed by atoms with E-state index in [0.717, 1.165) is 17.9 Å². The highest BCUT2D eigenvalue weighted by atomic mass is 19.1. The number of halogens is 1. The van der Waals surface area contributed by atoms with Crippen LogP contribution in [0.4, 0.5) is 10.2 Å². The summed E-state index contributed by atoms with van der Waals surface area (Å²) in [6, 6.07) is 2.21. The molecule has 1 saturated carbocycles. The molecule has 0 atom stereocenters. The molecule has 0 amide bonds. The molecule has 0 radical (unpaired) electrons. The number of nitrogens with zero attached hydrogens (tertiary/aromatic N) is 2. The van der Waals surface area contributed by atoms with E-state index in [1.807, 2.05) is 7.05 Å². The average molecular weight is 251 g/mol. The van der Waals surface area contributed by atoms with Crippen LogP contribution in [0.1, 0.15) is 32.3 Å². The second-order valence-electron chi connectivity index (χ2n) is 5.57. The van der Waals surface area contributed by atoms with Crippen molar-refractivity contribution >= 4 is 5.82 Å². The summed E-state index contributed by atoms with van der Waals surface area (Å²) in [5.41, 5.74) is 0.949. The van der Waals surface area contributed by atoms with Gasteiger partial charge in [-0.15, -0.1) is 0 Å². The van der Waals surface area contributed by atoms with Crippen molar-refractivity contribution in [1.29, 1.82) is 0 Å². The summed E-state index contributed by atoms with van der Waals surface area (Å²) in [7, 11) is 2.01. The van der Waals surface area contributed by atoms with Crippen LogP contribution in [0.25, 0.3) is 0 Å². The predicted octanol–water partition coefficient (Wildman–Crippen LogP) is 2.56. The number of nitrogens with one attached hydrogen (secondary N) is 1. The molecule has 4 heteroatoms. The Labute approximate surface area is 108 Å². The Morgan fingerprint density at radius 2 is 2.22 bits per heavy atom. The van der Waals surface area contributed by atoms with E-state index in [9.17, 15) is 4.39 Å². The third kappa shape index (κ3) is 3.67. The summed E-state index contributed by atoms with van der Waals surface area (Å²) >= 11 is 0. The van der Waals surface area contributed by atoms with Gasteiger partial charge in [0.15, 0.2) is 0 Å². The van der Waals surface area contributed by atoms with Gasteiger partial charge < -0.3 is 10.2 Å². The smallest absolute Gasteiger partial charge is 0.141 e. The molecule has 1 aliphatic carbocycles. The largest absolute Gasteiger partial charge is 0.359 e. The number of hydrogen-bond acceptors (Lipinski definition) is 3. The van der Waals surface area contributed by atoms with E-state index in [4.69, 9.17) is 0 Å². The number of pyridine rings is 1. The van der Waals surface area contributed by atoms with Gasteiger partial charge in [-0.1, -0.05) is 13.8 Å². The lowest BCUT2D eigenvalue weighted by Crippen LogP contribution is -2.26. The molecule has 3 nitrogen and oxygen atoms in total. The fourth-order valence-corrected chi connectivity index (χ4v) is 2.12. The molecule has 0 bridgehead atoms. The highest BCUT2D eigenvalue weighted by Crippen LogP contribution is 2.22. The fraction of sp³-hybridized carbons (Fsp3) is 0.643. The highest BCUT2D eigenvalue weighted by Gasteiger charge is 2.21. The van der Waals surface area contributed by atoms with Gasteiger partial charge in [0, 0.05) is 31.7 Å². The van der Waals surface area contributed by atoms with Crippen LogP contribution < -0.4 is 10.2 Å². The molecule has 1 aromatic heterocycles. The lowest BCUT2D eigenvalue weighted by molar-refractivity contribution is 0.602. The molecule has 18 heavy (non-hydrogen) atoms. The second kappa shape index (κ2) is 5.65. The van der Waals surface area contributed by atoms with Gasteiger partial charge in [-0.2, -0.15) is 0 Å². The number of rotatable bonds is 6. The van der Waals surface area contributed by atoms with Crippen molar-refractivity contribution in [3.63, 3.8) is 0 Å². The fourth-order valence-electron chi connectivity index (χ4n) is 2.12. The Bertz CT molecular complexity index is 402. The van der Waals surface area contributed by atoms with Gasteiger partial charge >= 0.3 is 0 Å². The van der Waals surface area contributed by atoms with Crippen LogP contribution in [0.3, 0.4) is 0 Å². The minimum atomic E-state index is -0.260. The quantitative estimate of drug-likeness (QED) is 0.842. The zero-order chi connectivity index (χ0) is 13.1. The van der Waals surface area contributed by atoms with Crippen LogP contribution in [0.5, 0.6) is 0 Å². The van der Waals surface area contributed by atoms with Crippen molar-refractivity contribution < 1.29 is 4.39 Å². The normalized spacial score (nSPS) is 15.2. The molecule has 1 N–H and O–H groups in total. The van der Waals surface area contributed by atoms with E-state index < -0.39 is 0 Å². The van der Waals surface area contributed by atoms with Crippen LogP contribution in [-0.4, -0.2) is 24.6 Å². The lowest BCUT2D eigenvalue weighted by Gasteiger charge is -2.23. The second-order valence-corrected chi connectivity index (χ2v) is 5.57. The maximum Gasteiger partial charge on any atom is 0.141 e. The summed E-state index contributed by atoms with van der Waals surface area (Å²) in [6.45, 7) is 5.96. The molecule has 0 aliphatic heterocycles. The van der Waals surface area contributed by atoms with Crippen LogP contribution in [0.15, 0.2) is 12.3 Å². The van der Waals surface area contributed by atoms with Gasteiger partial charge in [0.2, 0.25) is 0 Å². The first-order valence-corrected chi connectivity index (χ1v) is 6.65. The standard InChI is InChI=1S/C14H22FN3/c1-10(2)9-18(3)14-11(6-12(15)8-17-14)7-16-13-4-5-13/h6,8,10,13,16H,4-5,7,9H2,1-3H3. The zero-order valence-electron chi connectivity index (χ0n) is 11.4. The van der Waals surface area contributed by atoms with E-state index in [-0.39, 0.29) is 5.82 Å². The SMILES string of the molecule is CC(C)CN(C)c1ncc(F)cc1CNC1CC1. The Balaban J connectivity index is 2.10. The molecule has 1 heterocycles. The summed E-state index contributed by atoms with van der Waals surface area (Å²) in [6.07, 6.45) is 3.77. The molecule has 1 aliphatic rings. The van der Waals surface area contributed by atoms with Crippen molar-refractivity contribution in [1.82, 2.24) is 10.3 Å². The highest BCUT2D eigenvalue weighted by molar-refractivity contribution is 5.46. The number of anilines is 1. The van der Waals surface area contributed by atoms with Gasteiger partial charge in [0.05, 0.1) is 6.20 Å². The first kappa shape index (κ1) is 13.3. The predicted molar refractivity (Wildman–Crippen MR) is 72.2 cm³/mol. The van der Waals surface area contributed by atoms with Crippen LogP contribution >= 0.6 is 0 Å². The molecule has 1 aromatic rings. The van der Waals surface area contributed by atoms with Gasteiger partial charge in [-0.25, -0.2) is 9.37 Å². The van der Waals surface area contributed by atoms with Gasteiger partial charge in [0.25, 0.3) is 0 Å². The van der Waals surface area contributed by atoms with Crippen molar-refractivity contribution in [2.75, 3.05) is 18.5 Å². The van der Waals surface area contributed by atoms with E-state index in [1.54, 1.807) is 6.07 Å². The number of aromatic nitrogens is 1. The molecule has 0 unspecified atom stereocenters. The molecular weight excluding hydrogens is 229 g/mol. The van der Waals surface area contributed by atoms with E-state index in [1.165, 1.54) is 19.0 Å².